The van der Waals surface area contributed by atoms with Crippen molar-refractivity contribution in [3.63, 3.8) is 0 Å². The number of likely N-dealkylation sites (N-methyl/N-ethyl adjacent to an activating group) is 1. The lowest BCUT2D eigenvalue weighted by atomic mass is 10.1. The summed E-state index contributed by atoms with van der Waals surface area (Å²) in [5, 5.41) is 5.91. The lowest BCUT2D eigenvalue weighted by molar-refractivity contribution is 0.252. The quantitative estimate of drug-likeness (QED) is 0.652. The van der Waals surface area contributed by atoms with Crippen LogP contribution in [0.5, 0.6) is 0 Å². The molecule has 2 aromatic carbocycles. The molecule has 0 saturated carbocycles. The number of rotatable bonds is 8. The Hall–Kier alpha value is -2.73. The zero-order chi connectivity index (χ0) is 21.3. The van der Waals surface area contributed by atoms with E-state index in [1.807, 2.05) is 24.3 Å². The van der Waals surface area contributed by atoms with E-state index in [1.165, 1.54) is 16.9 Å². The van der Waals surface area contributed by atoms with Crippen LogP contribution < -0.4 is 20.4 Å². The van der Waals surface area contributed by atoms with Crippen molar-refractivity contribution < 1.29 is 4.79 Å². The highest BCUT2D eigenvalue weighted by atomic mass is 16.2. The van der Waals surface area contributed by atoms with E-state index in [0.29, 0.717) is 6.54 Å². The van der Waals surface area contributed by atoms with Crippen LogP contribution in [0.4, 0.5) is 21.9 Å². The Morgan fingerprint density at radius 1 is 1.07 bits per heavy atom. The molecule has 1 fully saturated rings. The number of nitrogens with one attached hydrogen (secondary N) is 2. The van der Waals surface area contributed by atoms with Gasteiger partial charge in [0.2, 0.25) is 0 Å². The van der Waals surface area contributed by atoms with Crippen molar-refractivity contribution in [3.05, 3.63) is 54.1 Å². The molecule has 0 aromatic heterocycles. The molecule has 0 radical (unpaired) electrons. The number of hydrogen-bond donors (Lipinski definition) is 2. The number of piperazine rings is 1. The topological polar surface area (TPSA) is 50.9 Å². The Balaban J connectivity index is 1.41. The van der Waals surface area contributed by atoms with Gasteiger partial charge in [0, 0.05) is 63.4 Å². The molecule has 1 saturated heterocycles. The average Bonchev–Trinajstić information content (AvgIpc) is 2.77. The van der Waals surface area contributed by atoms with Crippen LogP contribution in [0.1, 0.15) is 18.9 Å². The van der Waals surface area contributed by atoms with Gasteiger partial charge in [-0.1, -0.05) is 25.1 Å². The number of amides is 2. The third kappa shape index (κ3) is 6.13. The number of anilines is 3. The molecular weight excluding hydrogens is 374 g/mol. The summed E-state index contributed by atoms with van der Waals surface area (Å²) in [6.07, 6.45) is 0.889. The van der Waals surface area contributed by atoms with Crippen molar-refractivity contribution in [1.82, 2.24) is 10.2 Å². The number of nitrogens with zero attached hydrogens (tertiary/aromatic N) is 3. The molecule has 6 nitrogen and oxygen atoms in total. The van der Waals surface area contributed by atoms with Gasteiger partial charge in [-0.05, 0) is 55.8 Å². The number of carbonyl (C=O) groups is 1. The molecule has 2 amide bonds. The molecule has 0 spiro atoms. The monoisotopic (exact) mass is 409 g/mol. The number of carbonyl (C=O) groups excluding carboxylic acids is 1. The first-order chi connectivity index (χ1) is 14.6. The highest BCUT2D eigenvalue weighted by Crippen LogP contribution is 2.24. The van der Waals surface area contributed by atoms with Gasteiger partial charge in [0.1, 0.15) is 0 Å². The standard InChI is InChI=1S/C24H35N5O/c1-4-28-15-17-29(18-16-28)23-12-11-21(19-20(23)2)26-24(30)25-13-8-14-27(3)22-9-6-5-7-10-22/h5-7,9-12,19H,4,8,13-18H2,1-3H3,(H2,25,26,30). The molecule has 0 unspecified atom stereocenters. The van der Waals surface area contributed by atoms with Gasteiger partial charge in [0.05, 0.1) is 0 Å². The fourth-order valence-corrected chi connectivity index (χ4v) is 3.90. The third-order valence-electron chi connectivity index (χ3n) is 5.77. The summed E-state index contributed by atoms with van der Waals surface area (Å²) in [5.74, 6) is 0. The van der Waals surface area contributed by atoms with Crippen molar-refractivity contribution in [2.75, 3.05) is 68.0 Å². The van der Waals surface area contributed by atoms with Crippen LogP contribution in [0.15, 0.2) is 48.5 Å². The van der Waals surface area contributed by atoms with Crippen LogP contribution in [-0.2, 0) is 0 Å². The summed E-state index contributed by atoms with van der Waals surface area (Å²) in [5.41, 5.74) is 4.49. The molecule has 0 atom stereocenters. The molecule has 162 valence electrons. The minimum atomic E-state index is -0.152. The summed E-state index contributed by atoms with van der Waals surface area (Å²) < 4.78 is 0. The van der Waals surface area contributed by atoms with Crippen molar-refractivity contribution >= 4 is 23.1 Å². The van der Waals surface area contributed by atoms with Crippen LogP contribution in [0.25, 0.3) is 0 Å². The lowest BCUT2D eigenvalue weighted by Gasteiger charge is -2.36. The van der Waals surface area contributed by atoms with Gasteiger partial charge in [-0.15, -0.1) is 0 Å². The maximum atomic E-state index is 12.2. The van der Waals surface area contributed by atoms with E-state index in [2.05, 4.69) is 70.5 Å². The summed E-state index contributed by atoms with van der Waals surface area (Å²) in [6.45, 7) is 11.3. The molecule has 0 aliphatic carbocycles. The second-order valence-electron chi connectivity index (χ2n) is 7.91. The summed E-state index contributed by atoms with van der Waals surface area (Å²) in [7, 11) is 2.07. The smallest absolute Gasteiger partial charge is 0.319 e. The number of benzene rings is 2. The lowest BCUT2D eigenvalue weighted by Crippen LogP contribution is -2.46. The molecule has 6 heteroatoms. The van der Waals surface area contributed by atoms with Crippen LogP contribution in [-0.4, -0.2) is 63.8 Å². The highest BCUT2D eigenvalue weighted by molar-refractivity contribution is 5.89. The molecule has 2 aromatic rings. The van der Waals surface area contributed by atoms with Gasteiger partial charge in [-0.25, -0.2) is 4.79 Å². The summed E-state index contributed by atoms with van der Waals surface area (Å²) in [6, 6.07) is 16.3. The predicted molar refractivity (Wildman–Crippen MR) is 127 cm³/mol. The molecule has 1 aliphatic rings. The maximum absolute atomic E-state index is 12.2. The van der Waals surface area contributed by atoms with Gasteiger partial charge in [0.15, 0.2) is 0 Å². The van der Waals surface area contributed by atoms with Crippen molar-refractivity contribution in [1.29, 1.82) is 0 Å². The fourth-order valence-electron chi connectivity index (χ4n) is 3.90. The maximum Gasteiger partial charge on any atom is 0.319 e. The van der Waals surface area contributed by atoms with Gasteiger partial charge >= 0.3 is 6.03 Å². The van der Waals surface area contributed by atoms with E-state index >= 15 is 0 Å². The molecule has 30 heavy (non-hydrogen) atoms. The molecule has 1 aliphatic heterocycles. The number of para-hydroxylation sites is 1. The van der Waals surface area contributed by atoms with E-state index in [0.717, 1.165) is 51.4 Å². The largest absolute Gasteiger partial charge is 0.375 e. The Labute approximate surface area is 180 Å². The van der Waals surface area contributed by atoms with Crippen molar-refractivity contribution in [2.24, 2.45) is 0 Å². The molecule has 1 heterocycles. The predicted octanol–water partition coefficient (Wildman–Crippen LogP) is 3.78. The third-order valence-corrected chi connectivity index (χ3v) is 5.77. The molecule has 2 N–H and O–H groups in total. The number of hydrogen-bond acceptors (Lipinski definition) is 4. The van der Waals surface area contributed by atoms with Crippen molar-refractivity contribution in [3.8, 4) is 0 Å². The van der Waals surface area contributed by atoms with E-state index in [-0.39, 0.29) is 6.03 Å². The van der Waals surface area contributed by atoms with Gasteiger partial charge in [0.25, 0.3) is 0 Å². The summed E-state index contributed by atoms with van der Waals surface area (Å²) in [4.78, 5) is 19.4. The van der Waals surface area contributed by atoms with Gasteiger partial charge < -0.3 is 25.3 Å². The number of aryl methyl sites for hydroxylation is 1. The fraction of sp³-hybridized carbons (Fsp3) is 0.458. The van der Waals surface area contributed by atoms with Gasteiger partial charge in [-0.2, -0.15) is 0 Å². The van der Waals surface area contributed by atoms with Gasteiger partial charge in [-0.3, -0.25) is 0 Å². The second-order valence-corrected chi connectivity index (χ2v) is 7.91. The SMILES string of the molecule is CCN1CCN(c2ccc(NC(=O)NCCCN(C)c3ccccc3)cc2C)CC1. The first-order valence-corrected chi connectivity index (χ1v) is 11.0. The van der Waals surface area contributed by atoms with Crippen LogP contribution in [0, 0.1) is 6.92 Å². The van der Waals surface area contributed by atoms with Crippen molar-refractivity contribution in [2.45, 2.75) is 20.3 Å². The van der Waals surface area contributed by atoms with E-state index in [9.17, 15) is 4.79 Å². The Kier molecular flexibility index (Phi) is 7.97. The summed E-state index contributed by atoms with van der Waals surface area (Å²) >= 11 is 0. The molecule has 0 bridgehead atoms. The zero-order valence-corrected chi connectivity index (χ0v) is 18.5. The first-order valence-electron chi connectivity index (χ1n) is 11.0. The highest BCUT2D eigenvalue weighted by Gasteiger charge is 2.17. The first kappa shape index (κ1) is 22.0. The van der Waals surface area contributed by atoms with Crippen LogP contribution in [0.3, 0.4) is 0 Å². The molecule has 3 rings (SSSR count). The Morgan fingerprint density at radius 2 is 1.80 bits per heavy atom. The minimum Gasteiger partial charge on any atom is -0.375 e. The van der Waals surface area contributed by atoms with E-state index < -0.39 is 0 Å². The van der Waals surface area contributed by atoms with Crippen LogP contribution >= 0.6 is 0 Å². The minimum absolute atomic E-state index is 0.152. The zero-order valence-electron chi connectivity index (χ0n) is 18.5. The van der Waals surface area contributed by atoms with Crippen LogP contribution in [0.2, 0.25) is 0 Å². The number of urea groups is 1. The van der Waals surface area contributed by atoms with E-state index in [1.54, 1.807) is 0 Å². The normalized spacial score (nSPS) is 14.4. The molecular formula is C24H35N5O. The Morgan fingerprint density at radius 3 is 2.47 bits per heavy atom. The average molecular weight is 410 g/mol. The second kappa shape index (κ2) is 10.9. The van der Waals surface area contributed by atoms with E-state index in [4.69, 9.17) is 0 Å². The Bertz CT molecular complexity index is 802.